The summed E-state index contributed by atoms with van der Waals surface area (Å²) in [4.78, 5) is 11.9. The average Bonchev–Trinajstić information content (AvgIpc) is 3.21. The van der Waals surface area contributed by atoms with Crippen LogP contribution in [-0.2, 0) is 6.54 Å². The van der Waals surface area contributed by atoms with Crippen LogP contribution in [0.1, 0.15) is 43.0 Å². The van der Waals surface area contributed by atoms with Crippen LogP contribution in [0.15, 0.2) is 59.9 Å². The molecule has 32 heavy (non-hydrogen) atoms. The van der Waals surface area contributed by atoms with Gasteiger partial charge >= 0.3 is 0 Å². The van der Waals surface area contributed by atoms with E-state index >= 15 is 0 Å². The van der Waals surface area contributed by atoms with Gasteiger partial charge in [0.15, 0.2) is 0 Å². The molecule has 0 amide bonds. The molecule has 0 aliphatic carbocycles. The van der Waals surface area contributed by atoms with Crippen LogP contribution in [0.25, 0.3) is 16.6 Å². The fourth-order valence-corrected chi connectivity index (χ4v) is 4.13. The van der Waals surface area contributed by atoms with Gasteiger partial charge in [0, 0.05) is 32.5 Å². The highest BCUT2D eigenvalue weighted by Gasteiger charge is 2.17. The summed E-state index contributed by atoms with van der Waals surface area (Å²) in [6.45, 7) is 9.69. The smallest absolute Gasteiger partial charge is 0.0721 e. The lowest BCUT2D eigenvalue weighted by Crippen LogP contribution is -2.32. The minimum atomic E-state index is 0.723. The van der Waals surface area contributed by atoms with Crippen molar-refractivity contribution in [2.24, 2.45) is 10.7 Å². The van der Waals surface area contributed by atoms with Crippen molar-refractivity contribution < 1.29 is 0 Å². The van der Waals surface area contributed by atoms with Crippen molar-refractivity contribution in [2.45, 2.75) is 46.6 Å². The second-order valence-corrected chi connectivity index (χ2v) is 8.40. The standard InChI is InChI=1S/C27H37N5/c1-5-10-27(32-16-13-23-11-6-7-12-26(23)32)25(29-4)20-31(15-9-8-14-28)19-24-22(3)17-21(2)18-30-24/h6-7,10-13,16-18H,5,8-9,14-15,19-20,28H2,1-4H3/b27-10+,29-25?. The Balaban J connectivity index is 1.89. The van der Waals surface area contributed by atoms with Crippen molar-refractivity contribution in [3.63, 3.8) is 0 Å². The van der Waals surface area contributed by atoms with Crippen LogP contribution in [0.5, 0.6) is 0 Å². The second-order valence-electron chi connectivity index (χ2n) is 8.40. The van der Waals surface area contributed by atoms with Gasteiger partial charge < -0.3 is 10.3 Å². The summed E-state index contributed by atoms with van der Waals surface area (Å²) in [5.74, 6) is 0. The zero-order chi connectivity index (χ0) is 22.9. The topological polar surface area (TPSA) is 59.4 Å². The van der Waals surface area contributed by atoms with Crippen LogP contribution < -0.4 is 5.73 Å². The van der Waals surface area contributed by atoms with E-state index in [0.717, 1.165) is 62.5 Å². The Morgan fingerprint density at radius 3 is 2.72 bits per heavy atom. The van der Waals surface area contributed by atoms with Gasteiger partial charge in [-0.2, -0.15) is 0 Å². The molecule has 3 aromatic rings. The fourth-order valence-electron chi connectivity index (χ4n) is 4.13. The molecule has 5 heteroatoms. The number of aliphatic imine (C=N–C) groups is 1. The predicted molar refractivity (Wildman–Crippen MR) is 137 cm³/mol. The number of pyridine rings is 1. The molecular formula is C27H37N5. The molecule has 0 atom stereocenters. The molecule has 2 N–H and O–H groups in total. The largest absolute Gasteiger partial charge is 0.330 e. The summed E-state index contributed by atoms with van der Waals surface area (Å²) < 4.78 is 2.27. The van der Waals surface area contributed by atoms with Crippen LogP contribution in [0, 0.1) is 13.8 Å². The number of allylic oxidation sites excluding steroid dienone is 1. The summed E-state index contributed by atoms with van der Waals surface area (Å²) in [6.07, 6.45) is 9.44. The predicted octanol–water partition coefficient (Wildman–Crippen LogP) is 5.22. The molecular weight excluding hydrogens is 394 g/mol. The number of rotatable bonds is 11. The van der Waals surface area contributed by atoms with Gasteiger partial charge in [-0.25, -0.2) is 0 Å². The number of benzene rings is 1. The van der Waals surface area contributed by atoms with Crippen molar-refractivity contribution in [3.05, 3.63) is 71.7 Å². The number of nitrogens with zero attached hydrogens (tertiary/aromatic N) is 4. The van der Waals surface area contributed by atoms with Gasteiger partial charge in [-0.15, -0.1) is 0 Å². The molecule has 0 bridgehead atoms. The van der Waals surface area contributed by atoms with Crippen molar-refractivity contribution in [3.8, 4) is 0 Å². The quantitative estimate of drug-likeness (QED) is 0.335. The van der Waals surface area contributed by atoms with Gasteiger partial charge in [-0.05, 0) is 74.8 Å². The van der Waals surface area contributed by atoms with E-state index < -0.39 is 0 Å². The van der Waals surface area contributed by atoms with Crippen molar-refractivity contribution in [2.75, 3.05) is 26.7 Å². The zero-order valence-corrected chi connectivity index (χ0v) is 20.0. The third-order valence-corrected chi connectivity index (χ3v) is 5.82. The number of nitrogens with two attached hydrogens (primary N) is 1. The van der Waals surface area contributed by atoms with Crippen molar-refractivity contribution >= 4 is 22.3 Å². The molecule has 0 unspecified atom stereocenters. The second kappa shape index (κ2) is 11.7. The SMILES string of the molecule is CC/C=C(\C(CN(CCCCN)Cc1ncc(C)cc1C)=NC)n1ccc2ccccc21. The average molecular weight is 432 g/mol. The van der Waals surface area contributed by atoms with E-state index in [1.54, 1.807) is 0 Å². The number of fused-ring (bicyclic) bond motifs is 1. The maximum absolute atomic E-state index is 5.77. The molecule has 2 heterocycles. The number of para-hydroxylation sites is 1. The fraction of sp³-hybridized carbons (Fsp3) is 0.407. The van der Waals surface area contributed by atoms with Crippen LogP contribution >= 0.6 is 0 Å². The third kappa shape index (κ3) is 5.93. The first-order chi connectivity index (χ1) is 15.6. The van der Waals surface area contributed by atoms with E-state index in [0.29, 0.717) is 0 Å². The molecule has 5 nitrogen and oxygen atoms in total. The van der Waals surface area contributed by atoms with Crippen LogP contribution in [0.3, 0.4) is 0 Å². The highest BCUT2D eigenvalue weighted by molar-refractivity contribution is 6.20. The van der Waals surface area contributed by atoms with E-state index in [1.807, 2.05) is 13.2 Å². The van der Waals surface area contributed by atoms with Crippen molar-refractivity contribution in [1.82, 2.24) is 14.5 Å². The number of aryl methyl sites for hydroxylation is 2. The summed E-state index contributed by atoms with van der Waals surface area (Å²) in [5, 5.41) is 1.24. The Labute approximate surface area is 192 Å². The van der Waals surface area contributed by atoms with E-state index in [1.165, 1.54) is 22.0 Å². The Hall–Kier alpha value is -2.76. The number of hydrogen-bond donors (Lipinski definition) is 1. The molecule has 0 saturated heterocycles. The highest BCUT2D eigenvalue weighted by Crippen LogP contribution is 2.22. The van der Waals surface area contributed by atoms with E-state index in [2.05, 4.69) is 78.9 Å². The van der Waals surface area contributed by atoms with Crippen LogP contribution in [0.2, 0.25) is 0 Å². The molecule has 0 radical (unpaired) electrons. The number of hydrogen-bond acceptors (Lipinski definition) is 4. The van der Waals surface area contributed by atoms with Gasteiger partial charge in [0.05, 0.1) is 22.6 Å². The molecule has 0 aliphatic heterocycles. The normalized spacial score (nSPS) is 12.8. The van der Waals surface area contributed by atoms with Gasteiger partial charge in [0.2, 0.25) is 0 Å². The molecule has 0 aliphatic rings. The summed E-state index contributed by atoms with van der Waals surface area (Å²) in [7, 11) is 1.90. The van der Waals surface area contributed by atoms with Crippen LogP contribution in [0.4, 0.5) is 0 Å². The third-order valence-electron chi connectivity index (χ3n) is 5.82. The maximum atomic E-state index is 5.77. The Morgan fingerprint density at radius 1 is 1.19 bits per heavy atom. The lowest BCUT2D eigenvalue weighted by molar-refractivity contribution is 0.293. The summed E-state index contributed by atoms with van der Waals surface area (Å²) in [5.41, 5.74) is 12.8. The Morgan fingerprint density at radius 2 is 2.00 bits per heavy atom. The molecule has 1 aromatic carbocycles. The number of unbranched alkanes of at least 4 members (excludes halogenated alkanes) is 1. The minimum absolute atomic E-state index is 0.723. The van der Waals surface area contributed by atoms with E-state index in [9.17, 15) is 0 Å². The molecule has 0 fully saturated rings. The van der Waals surface area contributed by atoms with Gasteiger partial charge in [-0.1, -0.05) is 37.3 Å². The highest BCUT2D eigenvalue weighted by atomic mass is 15.1. The van der Waals surface area contributed by atoms with E-state index in [-0.39, 0.29) is 0 Å². The molecule has 0 saturated carbocycles. The van der Waals surface area contributed by atoms with E-state index in [4.69, 9.17) is 15.7 Å². The van der Waals surface area contributed by atoms with Crippen LogP contribution in [-0.4, -0.2) is 46.8 Å². The maximum Gasteiger partial charge on any atom is 0.0721 e. The molecule has 170 valence electrons. The van der Waals surface area contributed by atoms with Gasteiger partial charge in [0.25, 0.3) is 0 Å². The van der Waals surface area contributed by atoms with Crippen molar-refractivity contribution in [1.29, 1.82) is 0 Å². The molecule has 2 aromatic heterocycles. The first kappa shape index (κ1) is 23.9. The lowest BCUT2D eigenvalue weighted by Gasteiger charge is -2.25. The first-order valence-corrected chi connectivity index (χ1v) is 11.6. The number of aromatic nitrogens is 2. The summed E-state index contributed by atoms with van der Waals surface area (Å²) >= 11 is 0. The van der Waals surface area contributed by atoms with Gasteiger partial charge in [0.1, 0.15) is 0 Å². The molecule has 3 rings (SSSR count). The monoisotopic (exact) mass is 431 g/mol. The molecule has 0 spiro atoms. The lowest BCUT2D eigenvalue weighted by atomic mass is 10.1. The minimum Gasteiger partial charge on any atom is -0.330 e. The Bertz CT molecular complexity index is 1080. The summed E-state index contributed by atoms with van der Waals surface area (Å²) in [6, 6.07) is 12.9. The van der Waals surface area contributed by atoms with Gasteiger partial charge in [-0.3, -0.25) is 14.9 Å². The Kier molecular flexibility index (Phi) is 8.77. The first-order valence-electron chi connectivity index (χ1n) is 11.6. The zero-order valence-electron chi connectivity index (χ0n) is 20.0.